The Bertz CT molecular complexity index is 1070. The average Bonchev–Trinajstić information content (AvgIpc) is 2.76. The first-order chi connectivity index (χ1) is 14.3. The Labute approximate surface area is 183 Å². The number of benzene rings is 2. The molecule has 0 aliphatic carbocycles. The second kappa shape index (κ2) is 9.59. The van der Waals surface area contributed by atoms with Crippen LogP contribution in [0.2, 0.25) is 0 Å². The van der Waals surface area contributed by atoms with Crippen LogP contribution in [0.4, 0.5) is 0 Å². The lowest BCUT2D eigenvalue weighted by atomic mass is 10.2. The van der Waals surface area contributed by atoms with Gasteiger partial charge in [0.2, 0.25) is 10.0 Å². The van der Waals surface area contributed by atoms with E-state index < -0.39 is 15.9 Å². The van der Waals surface area contributed by atoms with E-state index >= 15 is 0 Å². The summed E-state index contributed by atoms with van der Waals surface area (Å²) in [5.74, 6) is -0.315. The standard InChI is InChI=1S/C20H22BrN3O5S/c1-29-18-11-14(10-17(21)19(18)25)13-22-23-20(26)15-6-5-7-16(12-15)30(27,28)24-8-3-2-4-9-24/h5-7,10-13,25H,2-4,8-9H2,1H3,(H,23,26)/b22-13+. The number of phenolic OH excluding ortho intramolecular Hbond substituents is 1. The van der Waals surface area contributed by atoms with Crippen LogP contribution < -0.4 is 10.2 Å². The van der Waals surface area contributed by atoms with Crippen LogP contribution in [0.5, 0.6) is 11.5 Å². The van der Waals surface area contributed by atoms with Crippen molar-refractivity contribution in [3.8, 4) is 11.5 Å². The minimum absolute atomic E-state index is 0.0367. The zero-order valence-electron chi connectivity index (χ0n) is 16.3. The molecule has 2 N–H and O–H groups in total. The summed E-state index contributed by atoms with van der Waals surface area (Å²) in [5.41, 5.74) is 3.15. The number of hydrogen-bond donors (Lipinski definition) is 2. The molecule has 1 amide bonds. The number of piperidine rings is 1. The smallest absolute Gasteiger partial charge is 0.271 e. The number of aromatic hydroxyl groups is 1. The number of methoxy groups -OCH3 is 1. The zero-order valence-corrected chi connectivity index (χ0v) is 18.7. The van der Waals surface area contributed by atoms with Crippen LogP contribution in [0.25, 0.3) is 0 Å². The van der Waals surface area contributed by atoms with E-state index in [0.717, 1.165) is 19.3 Å². The number of hydrazone groups is 1. The molecule has 10 heteroatoms. The van der Waals surface area contributed by atoms with Gasteiger partial charge >= 0.3 is 0 Å². The number of hydrogen-bond acceptors (Lipinski definition) is 6. The summed E-state index contributed by atoms with van der Waals surface area (Å²) in [4.78, 5) is 12.5. The molecule has 1 aliphatic rings. The lowest BCUT2D eigenvalue weighted by molar-refractivity contribution is 0.0955. The number of nitrogens with zero attached hydrogens (tertiary/aromatic N) is 2. The number of sulfonamides is 1. The Hall–Kier alpha value is -2.43. The van der Waals surface area contributed by atoms with Gasteiger partial charge in [-0.3, -0.25) is 4.79 Å². The molecule has 1 aliphatic heterocycles. The summed E-state index contributed by atoms with van der Waals surface area (Å²) >= 11 is 3.21. The molecule has 8 nitrogen and oxygen atoms in total. The van der Waals surface area contributed by atoms with Gasteiger partial charge in [-0.1, -0.05) is 12.5 Å². The molecule has 1 heterocycles. The molecule has 0 unspecified atom stereocenters. The van der Waals surface area contributed by atoms with E-state index in [2.05, 4.69) is 26.5 Å². The Balaban J connectivity index is 1.73. The van der Waals surface area contributed by atoms with Crippen molar-refractivity contribution in [1.29, 1.82) is 0 Å². The molecule has 2 aromatic carbocycles. The van der Waals surface area contributed by atoms with Gasteiger partial charge in [0.15, 0.2) is 11.5 Å². The van der Waals surface area contributed by atoms with Crippen molar-refractivity contribution in [1.82, 2.24) is 9.73 Å². The highest BCUT2D eigenvalue weighted by Gasteiger charge is 2.26. The fourth-order valence-electron chi connectivity index (χ4n) is 3.11. The van der Waals surface area contributed by atoms with Gasteiger partial charge < -0.3 is 9.84 Å². The molecule has 0 atom stereocenters. The summed E-state index contributed by atoms with van der Waals surface area (Å²) in [6.07, 6.45) is 4.09. The highest BCUT2D eigenvalue weighted by molar-refractivity contribution is 9.10. The Kier molecular flexibility index (Phi) is 7.11. The fraction of sp³-hybridized carbons (Fsp3) is 0.300. The quantitative estimate of drug-likeness (QED) is 0.472. The predicted molar refractivity (Wildman–Crippen MR) is 116 cm³/mol. The first-order valence-corrected chi connectivity index (χ1v) is 11.6. The molecule has 0 bridgehead atoms. The molecule has 1 saturated heterocycles. The lowest BCUT2D eigenvalue weighted by Gasteiger charge is -2.25. The molecule has 0 radical (unpaired) electrons. The Morgan fingerprint density at radius 1 is 1.23 bits per heavy atom. The minimum Gasteiger partial charge on any atom is -0.503 e. The lowest BCUT2D eigenvalue weighted by Crippen LogP contribution is -2.35. The van der Waals surface area contributed by atoms with Crippen LogP contribution in [0.1, 0.15) is 35.2 Å². The third kappa shape index (κ3) is 5.00. The van der Waals surface area contributed by atoms with Crippen molar-refractivity contribution < 1.29 is 23.1 Å². The monoisotopic (exact) mass is 495 g/mol. The summed E-state index contributed by atoms with van der Waals surface area (Å²) < 4.78 is 32.6. The van der Waals surface area contributed by atoms with Crippen molar-refractivity contribution >= 4 is 38.1 Å². The average molecular weight is 496 g/mol. The molecule has 1 fully saturated rings. The van der Waals surface area contributed by atoms with Gasteiger partial charge in [0.05, 0.1) is 22.7 Å². The summed E-state index contributed by atoms with van der Waals surface area (Å²) in [5, 5.41) is 13.7. The topological polar surface area (TPSA) is 108 Å². The third-order valence-corrected chi connectivity index (χ3v) is 7.20. The van der Waals surface area contributed by atoms with E-state index in [1.807, 2.05) is 0 Å². The summed E-state index contributed by atoms with van der Waals surface area (Å²) in [6, 6.07) is 9.08. The Morgan fingerprint density at radius 3 is 2.67 bits per heavy atom. The number of nitrogens with one attached hydrogen (secondary N) is 1. The third-order valence-electron chi connectivity index (χ3n) is 4.70. The number of rotatable bonds is 6. The molecular weight excluding hydrogens is 474 g/mol. The molecule has 0 saturated carbocycles. The van der Waals surface area contributed by atoms with Gasteiger partial charge in [-0.05, 0) is 64.7 Å². The minimum atomic E-state index is -3.63. The molecule has 0 spiro atoms. The number of ether oxygens (including phenoxy) is 1. The Morgan fingerprint density at radius 2 is 1.97 bits per heavy atom. The number of carbonyl (C=O) groups excluding carboxylic acids is 1. The highest BCUT2D eigenvalue weighted by Crippen LogP contribution is 2.34. The van der Waals surface area contributed by atoms with Crippen molar-refractivity contribution in [2.75, 3.05) is 20.2 Å². The first-order valence-electron chi connectivity index (χ1n) is 9.33. The number of phenols is 1. The number of halogens is 1. The maximum atomic E-state index is 12.8. The van der Waals surface area contributed by atoms with Gasteiger partial charge in [-0.15, -0.1) is 0 Å². The van der Waals surface area contributed by atoms with Crippen LogP contribution in [0.3, 0.4) is 0 Å². The van der Waals surface area contributed by atoms with Gasteiger partial charge in [0.1, 0.15) is 0 Å². The number of carbonyl (C=O) groups is 1. The van der Waals surface area contributed by atoms with E-state index in [-0.39, 0.29) is 22.0 Å². The molecule has 160 valence electrons. The molecule has 30 heavy (non-hydrogen) atoms. The maximum absolute atomic E-state index is 12.8. The second-order valence-corrected chi connectivity index (χ2v) is 9.54. The van der Waals surface area contributed by atoms with Crippen molar-refractivity contribution in [3.63, 3.8) is 0 Å². The maximum Gasteiger partial charge on any atom is 0.271 e. The SMILES string of the molecule is COc1cc(/C=N/NC(=O)c2cccc(S(=O)(=O)N3CCCCC3)c2)cc(Br)c1O. The van der Waals surface area contributed by atoms with E-state index in [4.69, 9.17) is 4.74 Å². The van der Waals surface area contributed by atoms with Crippen LogP contribution in [0, 0.1) is 0 Å². The van der Waals surface area contributed by atoms with Crippen LogP contribution in [-0.2, 0) is 10.0 Å². The van der Waals surface area contributed by atoms with Crippen LogP contribution in [0.15, 0.2) is 50.9 Å². The van der Waals surface area contributed by atoms with Crippen LogP contribution in [-0.4, -0.2) is 50.2 Å². The van der Waals surface area contributed by atoms with Gasteiger partial charge in [-0.2, -0.15) is 9.41 Å². The first kappa shape index (κ1) is 22.3. The molecule has 2 aromatic rings. The molecular formula is C20H22BrN3O5S. The molecule has 3 rings (SSSR count). The van der Waals surface area contributed by atoms with E-state index in [9.17, 15) is 18.3 Å². The normalized spacial score (nSPS) is 15.3. The largest absolute Gasteiger partial charge is 0.503 e. The van der Waals surface area contributed by atoms with Gasteiger partial charge in [0, 0.05) is 18.7 Å². The van der Waals surface area contributed by atoms with Gasteiger partial charge in [0.25, 0.3) is 5.91 Å². The van der Waals surface area contributed by atoms with Crippen LogP contribution >= 0.6 is 15.9 Å². The number of amides is 1. The van der Waals surface area contributed by atoms with Gasteiger partial charge in [-0.25, -0.2) is 13.8 Å². The summed E-state index contributed by atoms with van der Waals surface area (Å²) in [7, 11) is -2.20. The molecule has 0 aromatic heterocycles. The van der Waals surface area contributed by atoms with Crippen molar-refractivity contribution in [2.24, 2.45) is 5.10 Å². The predicted octanol–water partition coefficient (Wildman–Crippen LogP) is 3.10. The van der Waals surface area contributed by atoms with Crippen molar-refractivity contribution in [2.45, 2.75) is 24.2 Å². The second-order valence-electron chi connectivity index (χ2n) is 6.75. The van der Waals surface area contributed by atoms with E-state index in [0.29, 0.717) is 23.1 Å². The fourth-order valence-corrected chi connectivity index (χ4v) is 5.13. The summed E-state index contributed by atoms with van der Waals surface area (Å²) in [6.45, 7) is 0.989. The zero-order chi connectivity index (χ0) is 21.7. The van der Waals surface area contributed by atoms with E-state index in [1.165, 1.54) is 41.9 Å². The van der Waals surface area contributed by atoms with Crippen molar-refractivity contribution in [3.05, 3.63) is 52.0 Å². The van der Waals surface area contributed by atoms with E-state index in [1.54, 1.807) is 12.1 Å². The highest BCUT2D eigenvalue weighted by atomic mass is 79.9.